The molecule has 0 saturated heterocycles. The summed E-state index contributed by atoms with van der Waals surface area (Å²) in [4.78, 5) is 0. The van der Waals surface area contributed by atoms with E-state index in [1.807, 2.05) is 18.2 Å². The topological polar surface area (TPSA) is 29.9 Å². The first-order chi connectivity index (χ1) is 8.24. The number of aromatic nitrogens is 1. The predicted octanol–water partition coefficient (Wildman–Crippen LogP) is 2.43. The van der Waals surface area contributed by atoms with Gasteiger partial charge in [-0.05, 0) is 6.07 Å². The summed E-state index contributed by atoms with van der Waals surface area (Å²) >= 11 is 0. The van der Waals surface area contributed by atoms with Gasteiger partial charge in [-0.25, -0.2) is 0 Å². The van der Waals surface area contributed by atoms with Gasteiger partial charge in [-0.15, -0.1) is 12.3 Å². The van der Waals surface area contributed by atoms with E-state index in [4.69, 9.17) is 12.2 Å². The van der Waals surface area contributed by atoms with E-state index >= 15 is 0 Å². The van der Waals surface area contributed by atoms with Crippen LogP contribution in [0.25, 0.3) is 10.9 Å². The number of aryl methyl sites for hydroxylation is 2. The largest absolute Gasteiger partial charge is 0.398 e. The molecule has 0 aliphatic heterocycles. The van der Waals surface area contributed by atoms with Gasteiger partial charge in [0.05, 0.1) is 11.1 Å². The molecule has 0 saturated carbocycles. The van der Waals surface area contributed by atoms with Crippen LogP contribution in [0.1, 0.15) is 18.5 Å². The summed E-state index contributed by atoms with van der Waals surface area (Å²) in [5.41, 5.74) is 9.24. The van der Waals surface area contributed by atoms with E-state index in [9.17, 15) is 0 Å². The molecule has 2 rings (SSSR count). The maximum Gasteiger partial charge on any atom is 0.214 e. The summed E-state index contributed by atoms with van der Waals surface area (Å²) < 4.78 is 2.28. The third-order valence-electron chi connectivity index (χ3n) is 3.00. The normalized spacial score (nSPS) is 10.4. The van der Waals surface area contributed by atoms with Crippen LogP contribution in [0.3, 0.4) is 0 Å². The summed E-state index contributed by atoms with van der Waals surface area (Å²) in [6, 6.07) is 10.2. The number of unbranched alkanes of at least 4 members (excludes halogenated alkanes) is 1. The fourth-order valence-corrected chi connectivity index (χ4v) is 2.16. The van der Waals surface area contributed by atoms with Crippen molar-refractivity contribution >= 4 is 16.6 Å². The fraction of sp³-hybridized carbons (Fsp3) is 0.267. The van der Waals surface area contributed by atoms with E-state index in [1.54, 1.807) is 0 Å². The first-order valence-electron chi connectivity index (χ1n) is 5.85. The third-order valence-corrected chi connectivity index (χ3v) is 3.00. The van der Waals surface area contributed by atoms with Crippen LogP contribution in [0.15, 0.2) is 30.3 Å². The lowest BCUT2D eigenvalue weighted by molar-refractivity contribution is -0.677. The molecule has 1 aromatic heterocycles. The molecule has 2 N–H and O–H groups in total. The van der Waals surface area contributed by atoms with Crippen LogP contribution in [-0.4, -0.2) is 0 Å². The monoisotopic (exact) mass is 225 g/mol. The van der Waals surface area contributed by atoms with Crippen LogP contribution in [0.4, 0.5) is 5.69 Å². The smallest absolute Gasteiger partial charge is 0.214 e. The van der Waals surface area contributed by atoms with Crippen molar-refractivity contribution in [2.45, 2.75) is 26.3 Å². The van der Waals surface area contributed by atoms with E-state index in [1.165, 1.54) is 11.2 Å². The average Bonchev–Trinajstić information content (AvgIpc) is 2.33. The number of rotatable bonds is 3. The molecule has 2 nitrogen and oxygen atoms in total. The van der Waals surface area contributed by atoms with Gasteiger partial charge in [0.1, 0.15) is 6.54 Å². The molecule has 17 heavy (non-hydrogen) atoms. The zero-order chi connectivity index (χ0) is 12.3. The van der Waals surface area contributed by atoms with Crippen molar-refractivity contribution < 1.29 is 4.57 Å². The number of pyridine rings is 1. The minimum Gasteiger partial charge on any atom is -0.398 e. The molecule has 2 aromatic rings. The summed E-state index contributed by atoms with van der Waals surface area (Å²) in [7, 11) is 0. The Bertz CT molecular complexity index is 579. The lowest BCUT2D eigenvalue weighted by Crippen LogP contribution is -2.38. The molecule has 2 heteroatoms. The maximum absolute atomic E-state index is 6.04. The van der Waals surface area contributed by atoms with Crippen LogP contribution in [0.5, 0.6) is 0 Å². The number of nitrogen functional groups attached to an aromatic ring is 1. The minimum absolute atomic E-state index is 0.811. The SMILES string of the molecule is C#CCCC[n+]1c(C)cc(N)c2ccccc21. The number of fused-ring (bicyclic) bond motifs is 1. The van der Waals surface area contributed by atoms with Crippen molar-refractivity contribution in [3.05, 3.63) is 36.0 Å². The number of para-hydroxylation sites is 1. The van der Waals surface area contributed by atoms with Crippen molar-refractivity contribution in [3.8, 4) is 12.3 Å². The Kier molecular flexibility index (Phi) is 3.30. The number of nitrogens with zero attached hydrogens (tertiary/aromatic N) is 1. The molecule has 1 heterocycles. The first-order valence-corrected chi connectivity index (χ1v) is 5.85. The zero-order valence-corrected chi connectivity index (χ0v) is 10.1. The molecule has 1 aromatic carbocycles. The van der Waals surface area contributed by atoms with Gasteiger partial charge >= 0.3 is 0 Å². The Hall–Kier alpha value is -2.01. The van der Waals surface area contributed by atoms with Crippen LogP contribution >= 0.6 is 0 Å². The molecule has 0 spiro atoms. The Morgan fingerprint density at radius 3 is 2.88 bits per heavy atom. The minimum atomic E-state index is 0.811. The van der Waals surface area contributed by atoms with Crippen molar-refractivity contribution in [1.29, 1.82) is 0 Å². The number of terminal acetylenes is 1. The van der Waals surface area contributed by atoms with Gasteiger partial charge in [-0.2, -0.15) is 4.57 Å². The van der Waals surface area contributed by atoms with Crippen molar-refractivity contribution in [2.24, 2.45) is 0 Å². The van der Waals surface area contributed by atoms with Crippen LogP contribution in [0, 0.1) is 19.3 Å². The van der Waals surface area contributed by atoms with E-state index < -0.39 is 0 Å². The van der Waals surface area contributed by atoms with Gasteiger partial charge in [0.25, 0.3) is 0 Å². The highest BCUT2D eigenvalue weighted by atomic mass is 15.0. The van der Waals surface area contributed by atoms with Gasteiger partial charge < -0.3 is 5.73 Å². The Labute approximate surface area is 102 Å². The molecule has 0 bridgehead atoms. The number of nitrogens with two attached hydrogens (primary N) is 1. The highest BCUT2D eigenvalue weighted by molar-refractivity contribution is 5.87. The fourth-order valence-electron chi connectivity index (χ4n) is 2.16. The molecule has 0 aliphatic carbocycles. The second-order valence-corrected chi connectivity index (χ2v) is 4.22. The Balaban J connectivity index is 2.50. The lowest BCUT2D eigenvalue weighted by Gasteiger charge is -2.06. The Morgan fingerprint density at radius 1 is 1.35 bits per heavy atom. The highest BCUT2D eigenvalue weighted by Crippen LogP contribution is 2.18. The van der Waals surface area contributed by atoms with Gasteiger partial charge in [0.15, 0.2) is 5.69 Å². The summed E-state index contributed by atoms with van der Waals surface area (Å²) in [6.45, 7) is 3.02. The van der Waals surface area contributed by atoms with Crippen molar-refractivity contribution in [2.75, 3.05) is 5.73 Å². The molecule has 0 fully saturated rings. The van der Waals surface area contributed by atoms with Gasteiger partial charge in [0, 0.05) is 31.9 Å². The van der Waals surface area contributed by atoms with Gasteiger partial charge in [0.2, 0.25) is 5.52 Å². The molecule has 0 amide bonds. The molecular weight excluding hydrogens is 208 g/mol. The molecule has 0 atom stereocenters. The second kappa shape index (κ2) is 4.88. The Morgan fingerprint density at radius 2 is 2.12 bits per heavy atom. The summed E-state index contributed by atoms with van der Waals surface area (Å²) in [6.07, 6.45) is 7.09. The maximum atomic E-state index is 6.04. The number of hydrogen-bond donors (Lipinski definition) is 1. The number of anilines is 1. The van der Waals surface area contributed by atoms with E-state index in [-0.39, 0.29) is 0 Å². The van der Waals surface area contributed by atoms with E-state index in [0.717, 1.165) is 30.5 Å². The molecule has 0 unspecified atom stereocenters. The molecule has 86 valence electrons. The number of benzene rings is 1. The van der Waals surface area contributed by atoms with E-state index in [2.05, 4.69) is 29.5 Å². The van der Waals surface area contributed by atoms with E-state index in [0.29, 0.717) is 0 Å². The first kappa shape index (κ1) is 11.5. The second-order valence-electron chi connectivity index (χ2n) is 4.22. The highest BCUT2D eigenvalue weighted by Gasteiger charge is 2.14. The number of hydrogen-bond acceptors (Lipinski definition) is 1. The predicted molar refractivity (Wildman–Crippen MR) is 71.4 cm³/mol. The molecule has 0 radical (unpaired) electrons. The van der Waals surface area contributed by atoms with Crippen LogP contribution in [0.2, 0.25) is 0 Å². The average molecular weight is 225 g/mol. The quantitative estimate of drug-likeness (QED) is 0.485. The van der Waals surface area contributed by atoms with Crippen LogP contribution in [-0.2, 0) is 6.54 Å². The van der Waals surface area contributed by atoms with Crippen molar-refractivity contribution in [1.82, 2.24) is 0 Å². The van der Waals surface area contributed by atoms with Gasteiger partial charge in [-0.3, -0.25) is 0 Å². The summed E-state index contributed by atoms with van der Waals surface area (Å²) in [5, 5.41) is 1.11. The lowest BCUT2D eigenvalue weighted by atomic mass is 10.1. The van der Waals surface area contributed by atoms with Crippen LogP contribution < -0.4 is 10.3 Å². The summed E-state index contributed by atoms with van der Waals surface area (Å²) in [5.74, 6) is 2.68. The third kappa shape index (κ3) is 2.24. The molecule has 0 aliphatic rings. The van der Waals surface area contributed by atoms with Crippen molar-refractivity contribution in [3.63, 3.8) is 0 Å². The zero-order valence-electron chi connectivity index (χ0n) is 10.1. The standard InChI is InChI=1S/C15H16N2/c1-3-4-7-10-17-12(2)11-14(16)13-8-5-6-9-15(13)17/h1,5-6,8-9,11,16H,4,7,10H2,2H3/p+1. The molecular formula is C15H17N2+. The van der Waals surface area contributed by atoms with Gasteiger partial charge in [-0.1, -0.05) is 12.1 Å².